The summed E-state index contributed by atoms with van der Waals surface area (Å²) in [5.41, 5.74) is 5.64. The van der Waals surface area contributed by atoms with Gasteiger partial charge in [0, 0.05) is 24.3 Å². The molecular formula is C13H14N4O3. The lowest BCUT2D eigenvalue weighted by Gasteiger charge is -2.21. The lowest BCUT2D eigenvalue weighted by atomic mass is 10.1. The van der Waals surface area contributed by atoms with E-state index in [0.29, 0.717) is 5.69 Å². The van der Waals surface area contributed by atoms with E-state index in [9.17, 15) is 14.9 Å². The fourth-order valence-corrected chi connectivity index (χ4v) is 2.05. The van der Waals surface area contributed by atoms with Crippen molar-refractivity contribution in [3.05, 3.63) is 33.9 Å². The minimum atomic E-state index is -0.595. The van der Waals surface area contributed by atoms with Gasteiger partial charge in [-0.1, -0.05) is 0 Å². The average molecular weight is 274 g/mol. The van der Waals surface area contributed by atoms with Gasteiger partial charge in [-0.2, -0.15) is 5.26 Å². The van der Waals surface area contributed by atoms with Crippen molar-refractivity contribution in [1.29, 1.82) is 5.26 Å². The van der Waals surface area contributed by atoms with Gasteiger partial charge in [0.2, 0.25) is 0 Å². The molecule has 1 aromatic rings. The summed E-state index contributed by atoms with van der Waals surface area (Å²) in [6.45, 7) is 0.284. The fourth-order valence-electron chi connectivity index (χ4n) is 2.05. The molecule has 1 aliphatic carbocycles. The normalized spacial score (nSPS) is 13.6. The van der Waals surface area contributed by atoms with Crippen LogP contribution >= 0.6 is 0 Å². The lowest BCUT2D eigenvalue weighted by molar-refractivity contribution is -0.385. The first-order valence-corrected chi connectivity index (χ1v) is 6.26. The van der Waals surface area contributed by atoms with Crippen LogP contribution in [0.5, 0.6) is 0 Å². The van der Waals surface area contributed by atoms with E-state index < -0.39 is 10.8 Å². The van der Waals surface area contributed by atoms with Crippen LogP contribution in [0.4, 0.5) is 11.4 Å². The van der Waals surface area contributed by atoms with Gasteiger partial charge in [0.25, 0.3) is 11.6 Å². The van der Waals surface area contributed by atoms with Crippen LogP contribution in [0.3, 0.4) is 0 Å². The Kier molecular flexibility index (Phi) is 3.84. The van der Waals surface area contributed by atoms with Crippen LogP contribution in [-0.2, 0) is 0 Å². The number of carbonyl (C=O) groups excluding carboxylic acids is 1. The maximum Gasteiger partial charge on any atom is 0.282 e. The van der Waals surface area contributed by atoms with Crippen molar-refractivity contribution < 1.29 is 9.72 Å². The van der Waals surface area contributed by atoms with Crippen molar-refractivity contribution >= 4 is 17.3 Å². The summed E-state index contributed by atoms with van der Waals surface area (Å²) in [7, 11) is 0. The maximum atomic E-state index is 12.5. The molecule has 1 fully saturated rings. The molecule has 0 saturated heterocycles. The number of hydrogen-bond donors (Lipinski definition) is 1. The van der Waals surface area contributed by atoms with Crippen molar-refractivity contribution in [1.82, 2.24) is 4.90 Å². The highest BCUT2D eigenvalue weighted by Crippen LogP contribution is 2.31. The molecule has 1 saturated carbocycles. The Balaban J connectivity index is 2.33. The van der Waals surface area contributed by atoms with Crippen molar-refractivity contribution in [2.45, 2.75) is 25.3 Å². The maximum absolute atomic E-state index is 12.5. The molecule has 7 heteroatoms. The van der Waals surface area contributed by atoms with Gasteiger partial charge in [0.15, 0.2) is 0 Å². The molecule has 2 rings (SSSR count). The van der Waals surface area contributed by atoms with E-state index in [-0.39, 0.29) is 30.3 Å². The third kappa shape index (κ3) is 2.85. The zero-order chi connectivity index (χ0) is 14.7. The first kappa shape index (κ1) is 13.8. The van der Waals surface area contributed by atoms with Crippen molar-refractivity contribution in [2.24, 2.45) is 0 Å². The molecule has 20 heavy (non-hydrogen) atoms. The Morgan fingerprint density at radius 2 is 2.25 bits per heavy atom. The number of hydrogen-bond acceptors (Lipinski definition) is 5. The molecule has 0 aliphatic heterocycles. The van der Waals surface area contributed by atoms with Crippen LogP contribution in [-0.4, -0.2) is 28.3 Å². The van der Waals surface area contributed by atoms with Crippen molar-refractivity contribution in [2.75, 3.05) is 12.3 Å². The smallest absolute Gasteiger partial charge is 0.282 e. The topological polar surface area (TPSA) is 113 Å². The molecule has 0 bridgehead atoms. The number of nitro benzene ring substituents is 1. The second-order valence-electron chi connectivity index (χ2n) is 4.67. The van der Waals surface area contributed by atoms with Crippen LogP contribution in [0, 0.1) is 21.4 Å². The molecule has 7 nitrogen and oxygen atoms in total. The number of nitro groups is 1. The Morgan fingerprint density at radius 1 is 1.55 bits per heavy atom. The van der Waals surface area contributed by atoms with E-state index in [1.165, 1.54) is 23.1 Å². The van der Waals surface area contributed by atoms with Gasteiger partial charge in [0.05, 0.1) is 17.4 Å². The SMILES string of the molecule is N#CCCN(C(=O)c1cc(N)ccc1[N+](=O)[O-])C1CC1. The molecule has 0 atom stereocenters. The van der Waals surface area contributed by atoms with Crippen molar-refractivity contribution in [3.8, 4) is 6.07 Å². The number of nitrogens with zero attached hydrogens (tertiary/aromatic N) is 3. The van der Waals surface area contributed by atoms with Gasteiger partial charge >= 0.3 is 0 Å². The van der Waals surface area contributed by atoms with Gasteiger partial charge < -0.3 is 10.6 Å². The number of nitrogens with two attached hydrogens (primary N) is 1. The van der Waals surface area contributed by atoms with Crippen LogP contribution in [0.15, 0.2) is 18.2 Å². The van der Waals surface area contributed by atoms with Crippen LogP contribution in [0.2, 0.25) is 0 Å². The van der Waals surface area contributed by atoms with E-state index in [2.05, 4.69) is 0 Å². The summed E-state index contributed by atoms with van der Waals surface area (Å²) in [6.07, 6.45) is 1.94. The molecule has 2 N–H and O–H groups in total. The molecule has 1 aliphatic rings. The molecule has 0 spiro atoms. The number of carbonyl (C=O) groups is 1. The molecule has 0 aromatic heterocycles. The summed E-state index contributed by atoms with van der Waals surface area (Å²) in [6, 6.07) is 6.01. The zero-order valence-corrected chi connectivity index (χ0v) is 10.8. The Hall–Kier alpha value is -2.62. The number of nitriles is 1. The number of amides is 1. The Labute approximate surface area is 115 Å². The monoisotopic (exact) mass is 274 g/mol. The lowest BCUT2D eigenvalue weighted by Crippen LogP contribution is -2.34. The first-order valence-electron chi connectivity index (χ1n) is 6.26. The van der Waals surface area contributed by atoms with Gasteiger partial charge in [-0.25, -0.2) is 0 Å². The van der Waals surface area contributed by atoms with E-state index >= 15 is 0 Å². The van der Waals surface area contributed by atoms with Crippen LogP contribution in [0.1, 0.15) is 29.6 Å². The van der Waals surface area contributed by atoms with Gasteiger partial charge in [-0.3, -0.25) is 14.9 Å². The molecule has 1 amide bonds. The predicted molar refractivity (Wildman–Crippen MR) is 71.8 cm³/mol. The highest BCUT2D eigenvalue weighted by atomic mass is 16.6. The molecule has 104 valence electrons. The number of benzene rings is 1. The minimum absolute atomic E-state index is 0.0140. The van der Waals surface area contributed by atoms with E-state index in [4.69, 9.17) is 11.0 Å². The second-order valence-corrected chi connectivity index (χ2v) is 4.67. The summed E-state index contributed by atoms with van der Waals surface area (Å²) < 4.78 is 0. The minimum Gasteiger partial charge on any atom is -0.399 e. The first-order chi connectivity index (χ1) is 9.54. The van der Waals surface area contributed by atoms with E-state index in [1.807, 2.05) is 6.07 Å². The van der Waals surface area contributed by atoms with Crippen LogP contribution < -0.4 is 5.73 Å². The molecular weight excluding hydrogens is 260 g/mol. The summed E-state index contributed by atoms with van der Waals surface area (Å²) in [5, 5.41) is 19.6. The quantitative estimate of drug-likeness (QED) is 0.498. The van der Waals surface area contributed by atoms with Crippen molar-refractivity contribution in [3.63, 3.8) is 0 Å². The standard InChI is InChI=1S/C13H14N4O3/c14-6-1-7-16(10-3-4-10)13(18)11-8-9(15)2-5-12(11)17(19)20/h2,5,8,10H,1,3-4,7,15H2. The molecule has 1 aromatic carbocycles. The Bertz CT molecular complexity index is 590. The summed E-state index contributed by atoms with van der Waals surface area (Å²) in [5.74, 6) is -0.429. The zero-order valence-electron chi connectivity index (χ0n) is 10.8. The largest absolute Gasteiger partial charge is 0.399 e. The van der Waals surface area contributed by atoms with Gasteiger partial charge in [-0.05, 0) is 25.0 Å². The second kappa shape index (κ2) is 5.57. The average Bonchev–Trinajstić information content (AvgIpc) is 3.23. The number of anilines is 1. The highest BCUT2D eigenvalue weighted by Gasteiger charge is 2.35. The van der Waals surface area contributed by atoms with Crippen LogP contribution in [0.25, 0.3) is 0 Å². The van der Waals surface area contributed by atoms with E-state index in [1.54, 1.807) is 0 Å². The molecule has 0 radical (unpaired) electrons. The highest BCUT2D eigenvalue weighted by molar-refractivity contribution is 5.99. The Morgan fingerprint density at radius 3 is 2.80 bits per heavy atom. The predicted octanol–water partition coefficient (Wildman–Crippen LogP) is 1.70. The fraction of sp³-hybridized carbons (Fsp3) is 0.385. The summed E-state index contributed by atoms with van der Waals surface area (Å²) >= 11 is 0. The summed E-state index contributed by atoms with van der Waals surface area (Å²) in [4.78, 5) is 24.4. The van der Waals surface area contributed by atoms with E-state index in [0.717, 1.165) is 12.8 Å². The third-order valence-electron chi connectivity index (χ3n) is 3.16. The number of nitrogen functional groups attached to an aromatic ring is 1. The van der Waals surface area contributed by atoms with Gasteiger partial charge in [0.1, 0.15) is 5.56 Å². The number of rotatable bonds is 5. The molecule has 0 unspecified atom stereocenters. The third-order valence-corrected chi connectivity index (χ3v) is 3.16. The molecule has 0 heterocycles. The van der Waals surface area contributed by atoms with Gasteiger partial charge in [-0.15, -0.1) is 0 Å².